The second kappa shape index (κ2) is 6.87. The Balaban J connectivity index is 2.40. The summed E-state index contributed by atoms with van der Waals surface area (Å²) < 4.78 is 22.2. The monoisotopic (exact) mass is 373 g/mol. The van der Waals surface area contributed by atoms with Crippen LogP contribution in [0.25, 0.3) is 0 Å². The fraction of sp³-hybridized carbons (Fsp3) is 0.214. The first-order valence-electron chi connectivity index (χ1n) is 5.88. The number of methoxy groups -OCH3 is 3. The van der Waals surface area contributed by atoms with Crippen LogP contribution in [0.15, 0.2) is 28.9 Å². The molecular weight excluding hydrogens is 362 g/mol. The fourth-order valence-electron chi connectivity index (χ4n) is 1.70. The zero-order chi connectivity index (χ0) is 15.4. The van der Waals surface area contributed by atoms with Crippen molar-refractivity contribution < 1.29 is 18.9 Å². The first-order valence-corrected chi connectivity index (χ1v) is 7.05. The van der Waals surface area contributed by atoms with E-state index in [2.05, 4.69) is 20.9 Å². The van der Waals surface area contributed by atoms with Gasteiger partial charge >= 0.3 is 0 Å². The van der Waals surface area contributed by atoms with Gasteiger partial charge < -0.3 is 18.9 Å². The van der Waals surface area contributed by atoms with E-state index in [1.807, 2.05) is 0 Å². The van der Waals surface area contributed by atoms with Crippen molar-refractivity contribution in [2.75, 3.05) is 21.3 Å². The third-order valence-electron chi connectivity index (χ3n) is 2.63. The summed E-state index contributed by atoms with van der Waals surface area (Å²) in [5.74, 6) is 2.37. The summed E-state index contributed by atoms with van der Waals surface area (Å²) in [4.78, 5) is 4.11. The molecule has 0 radical (unpaired) electrons. The molecule has 112 valence electrons. The summed E-state index contributed by atoms with van der Waals surface area (Å²) in [7, 11) is 4.62. The zero-order valence-corrected chi connectivity index (χ0v) is 14.0. The summed E-state index contributed by atoms with van der Waals surface area (Å²) in [5, 5.41) is 0.513. The molecule has 0 aliphatic carbocycles. The average molecular weight is 375 g/mol. The van der Waals surface area contributed by atoms with E-state index in [0.717, 1.165) is 0 Å². The average Bonchev–Trinajstić information content (AvgIpc) is 2.49. The van der Waals surface area contributed by atoms with E-state index in [1.54, 1.807) is 18.2 Å². The molecule has 1 aromatic carbocycles. The first kappa shape index (κ1) is 15.7. The van der Waals surface area contributed by atoms with E-state index >= 15 is 0 Å². The van der Waals surface area contributed by atoms with Gasteiger partial charge in [-0.3, -0.25) is 0 Å². The fourth-order valence-corrected chi connectivity index (χ4v) is 2.42. The lowest BCUT2D eigenvalue weighted by atomic mass is 10.2. The van der Waals surface area contributed by atoms with E-state index < -0.39 is 0 Å². The van der Waals surface area contributed by atoms with Crippen LogP contribution >= 0.6 is 27.5 Å². The highest BCUT2D eigenvalue weighted by Crippen LogP contribution is 2.42. The van der Waals surface area contributed by atoms with Gasteiger partial charge in [0.2, 0.25) is 11.6 Å². The second-order valence-electron chi connectivity index (χ2n) is 3.90. The minimum Gasteiger partial charge on any atom is -0.493 e. The number of benzene rings is 1. The Hall–Kier alpha value is -1.66. The molecule has 2 aromatic rings. The van der Waals surface area contributed by atoms with Crippen molar-refractivity contribution in [2.24, 2.45) is 0 Å². The maximum atomic E-state index is 5.85. The molecule has 1 aromatic heterocycles. The molecule has 0 fully saturated rings. The number of halogens is 2. The van der Waals surface area contributed by atoms with E-state index in [1.165, 1.54) is 27.5 Å². The number of ether oxygens (including phenoxy) is 4. The lowest BCUT2D eigenvalue weighted by Gasteiger charge is -2.14. The first-order chi connectivity index (χ1) is 10.1. The molecule has 21 heavy (non-hydrogen) atoms. The van der Waals surface area contributed by atoms with E-state index in [9.17, 15) is 0 Å². The van der Waals surface area contributed by atoms with Gasteiger partial charge in [0.1, 0.15) is 5.75 Å². The Morgan fingerprint density at radius 2 is 1.62 bits per heavy atom. The van der Waals surface area contributed by atoms with Crippen molar-refractivity contribution in [2.45, 2.75) is 0 Å². The summed E-state index contributed by atoms with van der Waals surface area (Å²) in [5.41, 5.74) is 0. The van der Waals surface area contributed by atoms with Crippen LogP contribution in [0.1, 0.15) is 0 Å². The molecule has 2 rings (SSSR count). The lowest BCUT2D eigenvalue weighted by Crippen LogP contribution is -1.96. The summed E-state index contributed by atoms with van der Waals surface area (Å²) in [6.07, 6.45) is 1.50. The maximum Gasteiger partial charge on any atom is 0.233 e. The van der Waals surface area contributed by atoms with Crippen LogP contribution in [0, 0.1) is 0 Å². The molecule has 0 spiro atoms. The highest BCUT2D eigenvalue weighted by Gasteiger charge is 2.15. The number of aromatic nitrogens is 1. The third-order valence-corrected chi connectivity index (χ3v) is 3.40. The maximum absolute atomic E-state index is 5.85. The minimum atomic E-state index is 0.383. The van der Waals surface area contributed by atoms with Crippen molar-refractivity contribution in [3.05, 3.63) is 33.9 Å². The molecule has 0 atom stereocenters. The zero-order valence-electron chi connectivity index (χ0n) is 11.6. The Labute approximate surface area is 135 Å². The van der Waals surface area contributed by atoms with Gasteiger partial charge in [0.05, 0.1) is 30.8 Å². The van der Waals surface area contributed by atoms with Crippen LogP contribution in [0.2, 0.25) is 5.02 Å². The van der Waals surface area contributed by atoms with Crippen LogP contribution in [0.5, 0.6) is 28.9 Å². The molecule has 0 saturated carbocycles. The van der Waals surface area contributed by atoms with Crippen molar-refractivity contribution in [3.63, 3.8) is 0 Å². The molecule has 0 amide bonds. The van der Waals surface area contributed by atoms with Crippen molar-refractivity contribution >= 4 is 27.5 Å². The molecule has 0 saturated heterocycles. The molecule has 7 heteroatoms. The molecule has 1 heterocycles. The molecule has 0 aliphatic heterocycles. The predicted octanol–water partition coefficient (Wildman–Crippen LogP) is 4.32. The molecule has 0 bridgehead atoms. The SMILES string of the molecule is COc1cc(Oc2ncc(Cl)cc2Br)cc(OC)c1OC. The van der Waals surface area contributed by atoms with Crippen molar-refractivity contribution in [3.8, 4) is 28.9 Å². The van der Waals surface area contributed by atoms with Crippen LogP contribution in [0.4, 0.5) is 0 Å². The van der Waals surface area contributed by atoms with Gasteiger partial charge in [0.15, 0.2) is 11.5 Å². The van der Waals surface area contributed by atoms with Gasteiger partial charge in [0, 0.05) is 18.3 Å². The number of pyridine rings is 1. The van der Waals surface area contributed by atoms with E-state index in [0.29, 0.717) is 38.4 Å². The highest BCUT2D eigenvalue weighted by atomic mass is 79.9. The number of hydrogen-bond donors (Lipinski definition) is 0. The van der Waals surface area contributed by atoms with E-state index in [-0.39, 0.29) is 0 Å². The standard InChI is InChI=1S/C14H13BrClNO4/c1-18-11-5-9(6-12(19-2)13(11)20-3)21-14-10(15)4-8(16)7-17-14/h4-7H,1-3H3. The van der Waals surface area contributed by atoms with Crippen LogP contribution in [-0.4, -0.2) is 26.3 Å². The van der Waals surface area contributed by atoms with Gasteiger partial charge in [-0.05, 0) is 22.0 Å². The number of nitrogens with zero attached hydrogens (tertiary/aromatic N) is 1. The number of hydrogen-bond acceptors (Lipinski definition) is 5. The van der Waals surface area contributed by atoms with Gasteiger partial charge in [-0.2, -0.15) is 0 Å². The van der Waals surface area contributed by atoms with Crippen LogP contribution in [-0.2, 0) is 0 Å². The molecule has 0 aliphatic rings. The van der Waals surface area contributed by atoms with Crippen molar-refractivity contribution in [1.29, 1.82) is 0 Å². The summed E-state index contributed by atoms with van der Waals surface area (Å²) in [6, 6.07) is 5.07. The third kappa shape index (κ3) is 3.51. The molecule has 0 unspecified atom stereocenters. The topological polar surface area (TPSA) is 49.8 Å². The Kier molecular flexibility index (Phi) is 5.14. The van der Waals surface area contributed by atoms with Gasteiger partial charge in [-0.1, -0.05) is 11.6 Å². The van der Waals surface area contributed by atoms with E-state index in [4.69, 9.17) is 30.5 Å². The highest BCUT2D eigenvalue weighted by molar-refractivity contribution is 9.10. The smallest absolute Gasteiger partial charge is 0.233 e. The second-order valence-corrected chi connectivity index (χ2v) is 5.19. The largest absolute Gasteiger partial charge is 0.493 e. The lowest BCUT2D eigenvalue weighted by molar-refractivity contribution is 0.320. The van der Waals surface area contributed by atoms with Crippen LogP contribution < -0.4 is 18.9 Å². The van der Waals surface area contributed by atoms with Crippen molar-refractivity contribution in [1.82, 2.24) is 4.98 Å². The molecule has 5 nitrogen and oxygen atoms in total. The normalized spacial score (nSPS) is 10.1. The van der Waals surface area contributed by atoms with Gasteiger partial charge in [-0.25, -0.2) is 4.98 Å². The Morgan fingerprint density at radius 1 is 1.00 bits per heavy atom. The number of rotatable bonds is 5. The predicted molar refractivity (Wildman–Crippen MR) is 83.1 cm³/mol. The minimum absolute atomic E-state index is 0.383. The summed E-state index contributed by atoms with van der Waals surface area (Å²) in [6.45, 7) is 0. The Morgan fingerprint density at radius 3 is 2.10 bits per heavy atom. The molecular formula is C14H13BrClNO4. The van der Waals surface area contributed by atoms with Gasteiger partial charge in [-0.15, -0.1) is 0 Å². The Bertz CT molecular complexity index is 626. The van der Waals surface area contributed by atoms with Gasteiger partial charge in [0.25, 0.3) is 0 Å². The molecule has 0 N–H and O–H groups in total. The summed E-state index contributed by atoms with van der Waals surface area (Å²) >= 11 is 9.20. The quantitative estimate of drug-likeness (QED) is 0.780. The van der Waals surface area contributed by atoms with Crippen LogP contribution in [0.3, 0.4) is 0 Å².